The molecule has 0 bridgehead atoms. The zero-order valence-electron chi connectivity index (χ0n) is 8.80. The first-order chi connectivity index (χ1) is 7.58. The molecule has 1 aliphatic heterocycles. The van der Waals surface area contributed by atoms with Gasteiger partial charge in [0, 0.05) is 12.5 Å². The summed E-state index contributed by atoms with van der Waals surface area (Å²) >= 11 is 0. The molecule has 1 aliphatic rings. The average molecular weight is 220 g/mol. The highest BCUT2D eigenvalue weighted by Gasteiger charge is 2.27. The minimum atomic E-state index is -0.999. The number of rotatable bonds is 2. The fraction of sp³-hybridized carbons (Fsp3) is 0.273. The molecule has 0 saturated carbocycles. The molecule has 5 nitrogen and oxygen atoms in total. The van der Waals surface area contributed by atoms with Gasteiger partial charge in [-0.25, -0.2) is 15.2 Å². The van der Waals surface area contributed by atoms with Crippen LogP contribution in [0.5, 0.6) is 0 Å². The summed E-state index contributed by atoms with van der Waals surface area (Å²) in [4.78, 5) is 22.4. The molecule has 0 spiro atoms. The zero-order valence-corrected chi connectivity index (χ0v) is 8.80. The average Bonchev–Trinajstić information content (AvgIpc) is 2.58. The van der Waals surface area contributed by atoms with Crippen molar-refractivity contribution in [1.29, 1.82) is 0 Å². The number of aromatic carboxylic acids is 1. The molecular formula is C11H12N2O3. The number of hydrazine groups is 1. The van der Waals surface area contributed by atoms with Crippen molar-refractivity contribution < 1.29 is 14.7 Å². The van der Waals surface area contributed by atoms with Crippen LogP contribution in [0.1, 0.15) is 23.7 Å². The maximum absolute atomic E-state index is 11.6. The van der Waals surface area contributed by atoms with E-state index < -0.39 is 5.97 Å². The highest BCUT2D eigenvalue weighted by molar-refractivity contribution is 5.96. The molecule has 0 aromatic heterocycles. The summed E-state index contributed by atoms with van der Waals surface area (Å²) in [6.07, 6.45) is 0.428. The Labute approximate surface area is 92.6 Å². The smallest absolute Gasteiger partial charge is 0.335 e. The third-order valence-electron chi connectivity index (χ3n) is 2.43. The topological polar surface area (TPSA) is 69.6 Å². The van der Waals surface area contributed by atoms with Gasteiger partial charge in [0.2, 0.25) is 5.91 Å². The minimum absolute atomic E-state index is 0.0463. The fourth-order valence-corrected chi connectivity index (χ4v) is 1.69. The predicted molar refractivity (Wildman–Crippen MR) is 58.1 cm³/mol. The number of benzene rings is 1. The number of carboxylic acid groups (broad SMARTS) is 1. The van der Waals surface area contributed by atoms with Crippen LogP contribution in [0.15, 0.2) is 24.3 Å². The fourth-order valence-electron chi connectivity index (χ4n) is 1.69. The van der Waals surface area contributed by atoms with Crippen LogP contribution in [-0.2, 0) is 4.79 Å². The number of carboxylic acids is 1. The van der Waals surface area contributed by atoms with Gasteiger partial charge < -0.3 is 5.11 Å². The Balaban J connectivity index is 2.30. The number of hydrogen-bond donors (Lipinski definition) is 2. The molecule has 1 saturated heterocycles. The van der Waals surface area contributed by atoms with Crippen LogP contribution in [0.4, 0.5) is 5.69 Å². The van der Waals surface area contributed by atoms with E-state index in [-0.39, 0.29) is 17.5 Å². The second kappa shape index (κ2) is 3.94. The van der Waals surface area contributed by atoms with E-state index in [1.54, 1.807) is 12.1 Å². The van der Waals surface area contributed by atoms with Gasteiger partial charge in [-0.15, -0.1) is 0 Å². The van der Waals surface area contributed by atoms with Crippen LogP contribution in [-0.4, -0.2) is 23.0 Å². The second-order valence-corrected chi connectivity index (χ2v) is 3.82. The van der Waals surface area contributed by atoms with E-state index >= 15 is 0 Å². The van der Waals surface area contributed by atoms with Crippen LogP contribution in [0.3, 0.4) is 0 Å². The number of nitrogens with one attached hydrogen (secondary N) is 1. The summed E-state index contributed by atoms with van der Waals surface area (Å²) in [5, 5.41) is 10.2. The van der Waals surface area contributed by atoms with Crippen molar-refractivity contribution >= 4 is 17.6 Å². The largest absolute Gasteiger partial charge is 0.478 e. The van der Waals surface area contributed by atoms with Gasteiger partial charge in [-0.05, 0) is 25.1 Å². The van der Waals surface area contributed by atoms with Crippen molar-refractivity contribution in [3.8, 4) is 0 Å². The molecule has 84 valence electrons. The molecule has 1 aromatic rings. The first kappa shape index (κ1) is 10.6. The molecular weight excluding hydrogens is 208 g/mol. The first-order valence-corrected chi connectivity index (χ1v) is 5.00. The molecule has 1 unspecified atom stereocenters. The molecule has 2 rings (SSSR count). The Morgan fingerprint density at radius 1 is 1.56 bits per heavy atom. The summed E-state index contributed by atoms with van der Waals surface area (Å²) in [5.74, 6) is -1.04. The molecule has 1 aromatic carbocycles. The monoisotopic (exact) mass is 220 g/mol. The van der Waals surface area contributed by atoms with Crippen molar-refractivity contribution in [2.45, 2.75) is 19.4 Å². The van der Waals surface area contributed by atoms with Crippen LogP contribution < -0.4 is 10.4 Å². The van der Waals surface area contributed by atoms with E-state index in [1.165, 1.54) is 17.1 Å². The Kier molecular flexibility index (Phi) is 2.62. The third kappa shape index (κ3) is 1.90. The van der Waals surface area contributed by atoms with E-state index in [1.807, 2.05) is 6.92 Å². The van der Waals surface area contributed by atoms with E-state index in [0.29, 0.717) is 12.1 Å². The minimum Gasteiger partial charge on any atom is -0.478 e. The second-order valence-electron chi connectivity index (χ2n) is 3.82. The predicted octanol–water partition coefficient (Wildman–Crippen LogP) is 1.01. The van der Waals surface area contributed by atoms with E-state index in [2.05, 4.69) is 5.43 Å². The molecule has 1 fully saturated rings. The molecule has 5 heteroatoms. The number of amides is 1. The van der Waals surface area contributed by atoms with E-state index in [4.69, 9.17) is 5.11 Å². The molecule has 16 heavy (non-hydrogen) atoms. The SMILES string of the molecule is CC1CC(=O)N(c2cccc(C(=O)O)c2)N1. The number of anilines is 1. The summed E-state index contributed by atoms with van der Waals surface area (Å²) in [5.41, 5.74) is 3.71. The van der Waals surface area contributed by atoms with Crippen LogP contribution in [0, 0.1) is 0 Å². The Bertz CT molecular complexity index is 445. The lowest BCUT2D eigenvalue weighted by Crippen LogP contribution is -2.36. The van der Waals surface area contributed by atoms with Crippen molar-refractivity contribution in [3.63, 3.8) is 0 Å². The van der Waals surface area contributed by atoms with E-state index in [0.717, 1.165) is 0 Å². The van der Waals surface area contributed by atoms with Crippen LogP contribution in [0.2, 0.25) is 0 Å². The number of hydrogen-bond acceptors (Lipinski definition) is 3. The first-order valence-electron chi connectivity index (χ1n) is 5.00. The Hall–Kier alpha value is -1.88. The normalized spacial score (nSPS) is 20.2. The van der Waals surface area contributed by atoms with Crippen LogP contribution >= 0.6 is 0 Å². The summed E-state index contributed by atoms with van der Waals surface area (Å²) in [6, 6.07) is 6.38. The maximum Gasteiger partial charge on any atom is 0.335 e. The Morgan fingerprint density at radius 2 is 2.31 bits per heavy atom. The van der Waals surface area contributed by atoms with Crippen molar-refractivity contribution in [1.82, 2.24) is 5.43 Å². The van der Waals surface area contributed by atoms with Gasteiger partial charge in [0.15, 0.2) is 0 Å². The van der Waals surface area contributed by atoms with Crippen LogP contribution in [0.25, 0.3) is 0 Å². The highest BCUT2D eigenvalue weighted by atomic mass is 16.4. The summed E-state index contributed by atoms with van der Waals surface area (Å²) in [6.45, 7) is 1.90. The molecule has 1 heterocycles. The van der Waals surface area contributed by atoms with Gasteiger partial charge in [-0.3, -0.25) is 4.79 Å². The molecule has 1 atom stereocenters. The van der Waals surface area contributed by atoms with Gasteiger partial charge in [-0.2, -0.15) is 0 Å². The lowest BCUT2D eigenvalue weighted by molar-refractivity contribution is -0.117. The maximum atomic E-state index is 11.6. The number of carbonyl (C=O) groups is 2. The van der Waals surface area contributed by atoms with Gasteiger partial charge in [-0.1, -0.05) is 6.07 Å². The highest BCUT2D eigenvalue weighted by Crippen LogP contribution is 2.20. The summed E-state index contributed by atoms with van der Waals surface area (Å²) in [7, 11) is 0. The van der Waals surface area contributed by atoms with Gasteiger partial charge in [0.1, 0.15) is 0 Å². The quantitative estimate of drug-likeness (QED) is 0.780. The summed E-state index contributed by atoms with van der Waals surface area (Å²) < 4.78 is 0. The third-order valence-corrected chi connectivity index (χ3v) is 2.43. The van der Waals surface area contributed by atoms with Crippen molar-refractivity contribution in [2.24, 2.45) is 0 Å². The molecule has 0 radical (unpaired) electrons. The molecule has 0 aliphatic carbocycles. The molecule has 1 amide bonds. The lowest BCUT2D eigenvalue weighted by atomic mass is 10.2. The van der Waals surface area contributed by atoms with Crippen molar-refractivity contribution in [2.75, 3.05) is 5.01 Å². The van der Waals surface area contributed by atoms with Gasteiger partial charge in [0.05, 0.1) is 11.3 Å². The van der Waals surface area contributed by atoms with Gasteiger partial charge in [0.25, 0.3) is 0 Å². The standard InChI is InChI=1S/C11H12N2O3/c1-7-5-10(14)13(12-7)9-4-2-3-8(6-9)11(15)16/h2-4,6-7,12H,5H2,1H3,(H,15,16). The number of carbonyl (C=O) groups excluding carboxylic acids is 1. The lowest BCUT2D eigenvalue weighted by Gasteiger charge is -2.17. The Morgan fingerprint density at radius 3 is 2.88 bits per heavy atom. The zero-order chi connectivity index (χ0) is 11.7. The molecule has 2 N–H and O–H groups in total. The van der Waals surface area contributed by atoms with Gasteiger partial charge >= 0.3 is 5.97 Å². The van der Waals surface area contributed by atoms with Crippen molar-refractivity contribution in [3.05, 3.63) is 29.8 Å². The number of nitrogens with zero attached hydrogens (tertiary/aromatic N) is 1. The van der Waals surface area contributed by atoms with E-state index in [9.17, 15) is 9.59 Å².